The molecule has 0 aliphatic heterocycles. The first-order valence-corrected chi connectivity index (χ1v) is 10.2. The molecule has 0 aliphatic rings. The van der Waals surface area contributed by atoms with Gasteiger partial charge in [-0.25, -0.2) is 9.35 Å². The minimum atomic E-state index is -2.76. The smallest absolute Gasteiger partial charge is 0.195 e. The highest BCUT2D eigenvalue weighted by atomic mass is 32.2. The molecule has 1 aromatic carbocycles. The van der Waals surface area contributed by atoms with E-state index in [1.807, 2.05) is 18.2 Å². The van der Waals surface area contributed by atoms with Crippen molar-refractivity contribution in [3.8, 4) is 0 Å². The van der Waals surface area contributed by atoms with E-state index in [-0.39, 0.29) is 5.04 Å². The SMILES string of the molecule is CC(C)(C)[Si](C)(C)N=S(N)(=O)c1ccccc1. The van der Waals surface area contributed by atoms with Crippen LogP contribution >= 0.6 is 0 Å². The van der Waals surface area contributed by atoms with Crippen LogP contribution in [0.4, 0.5) is 0 Å². The van der Waals surface area contributed by atoms with Crippen LogP contribution in [-0.2, 0) is 9.92 Å². The summed E-state index contributed by atoms with van der Waals surface area (Å²) in [7, 11) is -4.76. The maximum absolute atomic E-state index is 12.5. The van der Waals surface area contributed by atoms with Crippen LogP contribution in [0.1, 0.15) is 20.8 Å². The van der Waals surface area contributed by atoms with Crippen molar-refractivity contribution in [2.45, 2.75) is 43.8 Å². The minimum absolute atomic E-state index is 0.0454. The number of benzene rings is 1. The van der Waals surface area contributed by atoms with E-state index in [1.54, 1.807) is 12.1 Å². The third-order valence-electron chi connectivity index (χ3n) is 3.28. The van der Waals surface area contributed by atoms with Crippen molar-refractivity contribution in [1.82, 2.24) is 0 Å². The quantitative estimate of drug-likeness (QED) is 0.823. The standard InChI is InChI=1S/C12H22N2OSSi/c1-12(2,3)17(4,5)14-16(13,15)11-9-7-6-8-10-11/h6-10H,1-5H3,(H2,13,14,15). The van der Waals surface area contributed by atoms with Crippen molar-refractivity contribution >= 4 is 18.2 Å². The van der Waals surface area contributed by atoms with Crippen molar-refractivity contribution in [2.24, 2.45) is 9.17 Å². The molecule has 0 aromatic heterocycles. The number of nitrogens with zero attached hydrogens (tertiary/aromatic N) is 1. The fraction of sp³-hybridized carbons (Fsp3) is 0.500. The molecule has 1 atom stereocenters. The van der Waals surface area contributed by atoms with Gasteiger partial charge in [0.15, 0.2) is 8.24 Å². The first kappa shape index (κ1) is 14.4. The molecule has 0 bridgehead atoms. The molecule has 0 spiro atoms. The fourth-order valence-electron chi connectivity index (χ4n) is 1.14. The van der Waals surface area contributed by atoms with Crippen molar-refractivity contribution in [3.05, 3.63) is 30.3 Å². The van der Waals surface area contributed by atoms with E-state index in [9.17, 15) is 4.21 Å². The number of nitrogens with two attached hydrogens (primary N) is 1. The molecule has 0 amide bonds. The summed E-state index contributed by atoms with van der Waals surface area (Å²) in [4.78, 5) is 0.616. The van der Waals surface area contributed by atoms with Crippen LogP contribution in [0.5, 0.6) is 0 Å². The van der Waals surface area contributed by atoms with E-state index in [2.05, 4.69) is 37.9 Å². The monoisotopic (exact) mass is 270 g/mol. The van der Waals surface area contributed by atoms with Crippen molar-refractivity contribution in [3.63, 3.8) is 0 Å². The molecule has 0 saturated heterocycles. The second kappa shape index (κ2) is 4.55. The summed E-state index contributed by atoms with van der Waals surface area (Å²) in [5, 5.41) is 5.96. The van der Waals surface area contributed by atoms with Gasteiger partial charge in [0, 0.05) is 0 Å². The van der Waals surface area contributed by atoms with Crippen LogP contribution in [0.25, 0.3) is 0 Å². The van der Waals surface area contributed by atoms with Gasteiger partial charge in [0.05, 0.1) is 4.90 Å². The van der Waals surface area contributed by atoms with Crippen LogP contribution in [0.2, 0.25) is 18.1 Å². The molecule has 96 valence electrons. The van der Waals surface area contributed by atoms with Gasteiger partial charge in [-0.3, -0.25) is 4.03 Å². The van der Waals surface area contributed by atoms with Gasteiger partial charge in [-0.05, 0) is 30.3 Å². The first-order valence-electron chi connectivity index (χ1n) is 5.67. The van der Waals surface area contributed by atoms with Crippen LogP contribution in [0.15, 0.2) is 39.3 Å². The van der Waals surface area contributed by atoms with Crippen molar-refractivity contribution < 1.29 is 4.21 Å². The second-order valence-electron chi connectivity index (χ2n) is 5.78. The van der Waals surface area contributed by atoms with Crippen LogP contribution in [0, 0.1) is 0 Å². The van der Waals surface area contributed by atoms with Crippen LogP contribution in [0.3, 0.4) is 0 Å². The summed E-state index contributed by atoms with van der Waals surface area (Å²) in [6.45, 7) is 10.6. The van der Waals surface area contributed by atoms with Gasteiger partial charge in [-0.15, -0.1) is 0 Å². The molecular weight excluding hydrogens is 248 g/mol. The summed E-state index contributed by atoms with van der Waals surface area (Å²) in [6, 6.07) is 9.11. The Hall–Kier alpha value is -0.653. The molecule has 0 heterocycles. The lowest BCUT2D eigenvalue weighted by Crippen LogP contribution is -2.37. The van der Waals surface area contributed by atoms with Gasteiger partial charge >= 0.3 is 0 Å². The third kappa shape index (κ3) is 3.40. The largest absolute Gasteiger partial charge is 0.261 e. The second-order valence-corrected chi connectivity index (χ2v) is 12.7. The lowest BCUT2D eigenvalue weighted by atomic mass is 10.2. The molecule has 0 fully saturated rings. The molecule has 17 heavy (non-hydrogen) atoms. The first-order chi connectivity index (χ1) is 7.56. The van der Waals surface area contributed by atoms with E-state index in [1.165, 1.54) is 0 Å². The van der Waals surface area contributed by atoms with E-state index >= 15 is 0 Å². The van der Waals surface area contributed by atoms with Gasteiger partial charge in [0.25, 0.3) is 0 Å². The predicted octanol–water partition coefficient (Wildman–Crippen LogP) is 3.39. The van der Waals surface area contributed by atoms with Crippen LogP contribution < -0.4 is 5.14 Å². The Kier molecular flexibility index (Phi) is 3.86. The average molecular weight is 270 g/mol. The van der Waals surface area contributed by atoms with E-state index in [4.69, 9.17) is 5.14 Å². The van der Waals surface area contributed by atoms with E-state index in [0.29, 0.717) is 4.90 Å². The molecule has 1 rings (SSSR count). The highest BCUT2D eigenvalue weighted by molar-refractivity contribution is 7.92. The van der Waals surface area contributed by atoms with Gasteiger partial charge in [-0.2, -0.15) is 0 Å². The van der Waals surface area contributed by atoms with Gasteiger partial charge in [-0.1, -0.05) is 39.0 Å². The maximum Gasteiger partial charge on any atom is 0.195 e. The summed E-state index contributed by atoms with van der Waals surface area (Å²) in [6.07, 6.45) is 0. The fourth-order valence-corrected chi connectivity index (χ4v) is 5.92. The molecule has 0 saturated carbocycles. The summed E-state index contributed by atoms with van der Waals surface area (Å²) >= 11 is 0. The lowest BCUT2D eigenvalue weighted by molar-refractivity contribution is 0.675. The molecule has 0 radical (unpaired) electrons. The predicted molar refractivity (Wildman–Crippen MR) is 76.7 cm³/mol. The highest BCUT2D eigenvalue weighted by Crippen LogP contribution is 2.37. The third-order valence-corrected chi connectivity index (χ3v) is 10.8. The van der Waals surface area contributed by atoms with Gasteiger partial charge in [0.1, 0.15) is 9.92 Å². The average Bonchev–Trinajstić information content (AvgIpc) is 2.15. The Morgan fingerprint density at radius 1 is 1.18 bits per heavy atom. The summed E-state index contributed by atoms with van der Waals surface area (Å²) in [5.41, 5.74) is 0. The molecular formula is C12H22N2OSSi. The zero-order chi connectivity index (χ0) is 13.3. The number of hydrogen-bond acceptors (Lipinski definition) is 2. The Labute approximate surface area is 106 Å². The molecule has 2 N–H and O–H groups in total. The normalized spacial score (nSPS) is 16.4. The number of hydrogen-bond donors (Lipinski definition) is 1. The molecule has 1 unspecified atom stereocenters. The Morgan fingerprint density at radius 2 is 1.65 bits per heavy atom. The molecule has 1 aromatic rings. The molecule has 3 nitrogen and oxygen atoms in total. The van der Waals surface area contributed by atoms with E-state index in [0.717, 1.165) is 0 Å². The van der Waals surface area contributed by atoms with Crippen molar-refractivity contribution in [1.29, 1.82) is 0 Å². The summed E-state index contributed by atoms with van der Waals surface area (Å²) < 4.78 is 17.0. The maximum atomic E-state index is 12.5. The molecule has 5 heteroatoms. The Balaban J connectivity index is 3.29. The Bertz CT molecular complexity index is 497. The zero-order valence-corrected chi connectivity index (χ0v) is 13.0. The Morgan fingerprint density at radius 3 is 2.06 bits per heavy atom. The number of rotatable bonds is 2. The highest BCUT2D eigenvalue weighted by Gasteiger charge is 2.37. The van der Waals surface area contributed by atoms with Gasteiger partial charge < -0.3 is 0 Å². The van der Waals surface area contributed by atoms with E-state index < -0.39 is 18.2 Å². The van der Waals surface area contributed by atoms with Gasteiger partial charge in [0.2, 0.25) is 0 Å². The minimum Gasteiger partial charge on any atom is -0.261 e. The lowest BCUT2D eigenvalue weighted by Gasteiger charge is -2.32. The summed E-state index contributed by atoms with van der Waals surface area (Å²) in [5.74, 6) is 0. The topological polar surface area (TPSA) is 55.4 Å². The molecule has 0 aliphatic carbocycles. The van der Waals surface area contributed by atoms with Crippen LogP contribution in [-0.4, -0.2) is 12.4 Å². The van der Waals surface area contributed by atoms with Crippen molar-refractivity contribution in [2.75, 3.05) is 0 Å². The zero-order valence-electron chi connectivity index (χ0n) is 11.2.